The van der Waals surface area contributed by atoms with Gasteiger partial charge in [-0.1, -0.05) is 13.8 Å². The predicted molar refractivity (Wildman–Crippen MR) is 83.3 cm³/mol. The van der Waals surface area contributed by atoms with Crippen molar-refractivity contribution >= 4 is 23.9 Å². The second kappa shape index (κ2) is 11.4. The maximum atomic E-state index is 11.7. The van der Waals surface area contributed by atoms with Gasteiger partial charge in [-0.15, -0.1) is 0 Å². The lowest BCUT2D eigenvalue weighted by molar-refractivity contribution is -0.168. The van der Waals surface area contributed by atoms with E-state index in [1.54, 1.807) is 13.8 Å². The molecule has 8 nitrogen and oxygen atoms in total. The molecule has 0 fully saturated rings. The molecule has 0 aliphatic carbocycles. The van der Waals surface area contributed by atoms with Crippen molar-refractivity contribution in [3.05, 3.63) is 0 Å². The van der Waals surface area contributed by atoms with E-state index in [1.807, 2.05) is 0 Å². The van der Waals surface area contributed by atoms with E-state index in [2.05, 4.69) is 0 Å². The van der Waals surface area contributed by atoms with Crippen LogP contribution in [0.1, 0.15) is 58.8 Å². The first-order valence-electron chi connectivity index (χ1n) is 8.03. The van der Waals surface area contributed by atoms with Crippen LogP contribution in [0.5, 0.6) is 0 Å². The molecule has 0 saturated carbocycles. The first-order valence-corrected chi connectivity index (χ1v) is 8.03. The van der Waals surface area contributed by atoms with Gasteiger partial charge in [-0.05, 0) is 25.7 Å². The van der Waals surface area contributed by atoms with Gasteiger partial charge in [-0.3, -0.25) is 19.2 Å². The number of carbonyl (C=O) groups is 4. The van der Waals surface area contributed by atoms with Gasteiger partial charge >= 0.3 is 23.9 Å². The Labute approximate surface area is 141 Å². The first-order chi connectivity index (χ1) is 11.3. The van der Waals surface area contributed by atoms with Gasteiger partial charge in [0.2, 0.25) is 0 Å². The lowest BCUT2D eigenvalue weighted by Crippen LogP contribution is -2.42. The van der Waals surface area contributed by atoms with Crippen LogP contribution in [-0.4, -0.2) is 47.3 Å². The smallest absolute Gasteiger partial charge is 0.316 e. The van der Waals surface area contributed by atoms with Gasteiger partial charge in [0.15, 0.2) is 0 Å². The molecule has 0 rings (SSSR count). The van der Waals surface area contributed by atoms with Crippen molar-refractivity contribution in [3.8, 4) is 0 Å². The van der Waals surface area contributed by atoms with Crippen molar-refractivity contribution in [1.82, 2.24) is 0 Å². The SMILES string of the molecule is CCCC(=O)OCC(CCCC(=O)O)(COC(=O)CCC)C(=O)O. The number of carbonyl (C=O) groups excluding carboxylic acids is 2. The molecular formula is C16H26O8. The highest BCUT2D eigenvalue weighted by atomic mass is 16.6. The fourth-order valence-corrected chi connectivity index (χ4v) is 1.98. The third-order valence-corrected chi connectivity index (χ3v) is 3.43. The van der Waals surface area contributed by atoms with E-state index >= 15 is 0 Å². The molecule has 0 unspecified atom stereocenters. The summed E-state index contributed by atoms with van der Waals surface area (Å²) in [5.74, 6) is -3.43. The Hall–Kier alpha value is -2.12. The van der Waals surface area contributed by atoms with Crippen molar-refractivity contribution in [3.63, 3.8) is 0 Å². The monoisotopic (exact) mass is 346 g/mol. The van der Waals surface area contributed by atoms with E-state index in [4.69, 9.17) is 14.6 Å². The molecule has 0 aliphatic heterocycles. The number of esters is 2. The summed E-state index contributed by atoms with van der Waals surface area (Å²) in [5.41, 5.74) is -1.64. The lowest BCUT2D eigenvalue weighted by Gasteiger charge is -2.28. The predicted octanol–water partition coefficient (Wildman–Crippen LogP) is 2.00. The normalized spacial score (nSPS) is 10.9. The minimum atomic E-state index is -1.64. The van der Waals surface area contributed by atoms with Gasteiger partial charge in [0.05, 0.1) is 0 Å². The minimum absolute atomic E-state index is 0.0677. The highest BCUT2D eigenvalue weighted by Crippen LogP contribution is 2.27. The second-order valence-electron chi connectivity index (χ2n) is 5.65. The molecule has 0 aromatic heterocycles. The Bertz CT molecular complexity index is 421. The van der Waals surface area contributed by atoms with Crippen molar-refractivity contribution in [1.29, 1.82) is 0 Å². The summed E-state index contributed by atoms with van der Waals surface area (Å²) >= 11 is 0. The van der Waals surface area contributed by atoms with E-state index in [0.29, 0.717) is 12.8 Å². The maximum absolute atomic E-state index is 11.7. The Balaban J connectivity index is 5.00. The number of hydrogen-bond donors (Lipinski definition) is 2. The third-order valence-electron chi connectivity index (χ3n) is 3.43. The molecule has 0 aromatic carbocycles. The van der Waals surface area contributed by atoms with E-state index in [0.717, 1.165) is 0 Å². The number of ether oxygens (including phenoxy) is 2. The van der Waals surface area contributed by atoms with Crippen molar-refractivity contribution in [2.24, 2.45) is 5.41 Å². The van der Waals surface area contributed by atoms with Crippen LogP contribution >= 0.6 is 0 Å². The number of rotatable bonds is 13. The van der Waals surface area contributed by atoms with Gasteiger partial charge < -0.3 is 19.7 Å². The van der Waals surface area contributed by atoms with Crippen LogP contribution in [0.4, 0.5) is 0 Å². The molecule has 0 heterocycles. The Morgan fingerprint density at radius 1 is 0.833 bits per heavy atom. The van der Waals surface area contributed by atoms with Crippen LogP contribution in [0.25, 0.3) is 0 Å². The van der Waals surface area contributed by atoms with Crippen LogP contribution in [0.2, 0.25) is 0 Å². The summed E-state index contributed by atoms with van der Waals surface area (Å²) in [7, 11) is 0. The van der Waals surface area contributed by atoms with Crippen molar-refractivity contribution in [2.75, 3.05) is 13.2 Å². The highest BCUT2D eigenvalue weighted by molar-refractivity contribution is 5.77. The number of carboxylic acid groups (broad SMARTS) is 2. The van der Waals surface area contributed by atoms with Crippen molar-refractivity contribution in [2.45, 2.75) is 58.8 Å². The zero-order valence-electron chi connectivity index (χ0n) is 14.2. The fraction of sp³-hybridized carbons (Fsp3) is 0.750. The summed E-state index contributed by atoms with van der Waals surface area (Å²) in [4.78, 5) is 45.4. The average molecular weight is 346 g/mol. The summed E-state index contributed by atoms with van der Waals surface area (Å²) in [6.07, 6.45) is 1.19. The molecule has 0 aromatic rings. The van der Waals surface area contributed by atoms with Crippen LogP contribution in [0.3, 0.4) is 0 Å². The molecule has 24 heavy (non-hydrogen) atoms. The second-order valence-corrected chi connectivity index (χ2v) is 5.65. The van der Waals surface area contributed by atoms with E-state index < -0.39 is 42.5 Å². The number of hydrogen-bond acceptors (Lipinski definition) is 6. The fourth-order valence-electron chi connectivity index (χ4n) is 1.98. The molecule has 0 saturated heterocycles. The molecule has 0 radical (unpaired) electrons. The summed E-state index contributed by atoms with van der Waals surface area (Å²) in [5, 5.41) is 18.3. The average Bonchev–Trinajstić information content (AvgIpc) is 2.49. The van der Waals surface area contributed by atoms with Crippen molar-refractivity contribution < 1.29 is 38.9 Å². The van der Waals surface area contributed by atoms with Crippen LogP contribution < -0.4 is 0 Å². The van der Waals surface area contributed by atoms with Crippen LogP contribution in [0.15, 0.2) is 0 Å². The van der Waals surface area contributed by atoms with E-state index in [1.165, 1.54) is 0 Å². The van der Waals surface area contributed by atoms with Gasteiger partial charge in [-0.25, -0.2) is 0 Å². The highest BCUT2D eigenvalue weighted by Gasteiger charge is 2.41. The molecule has 2 N–H and O–H groups in total. The topological polar surface area (TPSA) is 127 Å². The van der Waals surface area contributed by atoms with Gasteiger partial charge in [-0.2, -0.15) is 0 Å². The molecule has 138 valence electrons. The van der Waals surface area contributed by atoms with Gasteiger partial charge in [0.25, 0.3) is 0 Å². The Morgan fingerprint density at radius 3 is 1.62 bits per heavy atom. The third kappa shape index (κ3) is 8.50. The zero-order chi connectivity index (χ0) is 18.6. The summed E-state index contributed by atoms with van der Waals surface area (Å²) in [6, 6.07) is 0. The zero-order valence-corrected chi connectivity index (χ0v) is 14.2. The minimum Gasteiger partial charge on any atom is -0.481 e. The van der Waals surface area contributed by atoms with Gasteiger partial charge in [0.1, 0.15) is 18.6 Å². The van der Waals surface area contributed by atoms with E-state index in [-0.39, 0.29) is 32.1 Å². The lowest BCUT2D eigenvalue weighted by atomic mass is 9.84. The van der Waals surface area contributed by atoms with Crippen LogP contribution in [-0.2, 0) is 28.7 Å². The Kier molecular flexibility index (Phi) is 10.4. The van der Waals surface area contributed by atoms with Crippen LogP contribution in [0, 0.1) is 5.41 Å². The molecule has 0 bridgehead atoms. The molecule has 0 amide bonds. The molecular weight excluding hydrogens is 320 g/mol. The summed E-state index contributed by atoms with van der Waals surface area (Å²) < 4.78 is 10.0. The Morgan fingerprint density at radius 2 is 1.29 bits per heavy atom. The maximum Gasteiger partial charge on any atom is 0.316 e. The molecule has 0 spiro atoms. The number of aliphatic carboxylic acids is 2. The molecule has 8 heteroatoms. The standard InChI is InChI=1S/C16H26O8/c1-3-6-13(19)23-10-16(15(21)22,9-5-8-12(17)18)11-24-14(20)7-4-2/h3-11H2,1-2H3,(H,17,18)(H,21,22). The molecule has 0 aliphatic rings. The van der Waals surface area contributed by atoms with E-state index in [9.17, 15) is 24.3 Å². The first kappa shape index (κ1) is 21.9. The number of carboxylic acids is 2. The largest absolute Gasteiger partial charge is 0.481 e. The quantitative estimate of drug-likeness (QED) is 0.485. The van der Waals surface area contributed by atoms with Gasteiger partial charge in [0, 0.05) is 19.3 Å². The summed E-state index contributed by atoms with van der Waals surface area (Å²) in [6.45, 7) is 2.65. The molecule has 0 atom stereocenters.